The van der Waals surface area contributed by atoms with E-state index in [2.05, 4.69) is 69.5 Å². The van der Waals surface area contributed by atoms with Gasteiger partial charge in [0.15, 0.2) is 0 Å². The minimum absolute atomic E-state index is 0.0854. The number of nitrogens with one attached hydrogen (secondary N) is 1. The van der Waals surface area contributed by atoms with Crippen LogP contribution in [0.1, 0.15) is 44.5 Å². The van der Waals surface area contributed by atoms with Crippen molar-refractivity contribution in [2.75, 3.05) is 42.9 Å². The van der Waals surface area contributed by atoms with Gasteiger partial charge < -0.3 is 10.2 Å². The molecule has 1 aliphatic heterocycles. The number of pyridine rings is 1. The second-order valence-corrected chi connectivity index (χ2v) is 10.9. The van der Waals surface area contributed by atoms with Gasteiger partial charge in [0.25, 0.3) is 5.91 Å². The highest BCUT2D eigenvalue weighted by Gasteiger charge is 2.21. The summed E-state index contributed by atoms with van der Waals surface area (Å²) in [5, 5.41) is 5.20. The van der Waals surface area contributed by atoms with Gasteiger partial charge in [-0.25, -0.2) is 4.98 Å². The van der Waals surface area contributed by atoms with Gasteiger partial charge in [0.2, 0.25) is 0 Å². The summed E-state index contributed by atoms with van der Waals surface area (Å²) < 4.78 is 0. The van der Waals surface area contributed by atoms with E-state index in [4.69, 9.17) is 4.98 Å². The summed E-state index contributed by atoms with van der Waals surface area (Å²) in [6.07, 6.45) is 0. The van der Waals surface area contributed by atoms with Crippen LogP contribution in [0.3, 0.4) is 0 Å². The van der Waals surface area contributed by atoms with Crippen molar-refractivity contribution < 1.29 is 4.79 Å². The summed E-state index contributed by atoms with van der Waals surface area (Å²) in [6.45, 7) is 13.2. The molecule has 36 heavy (non-hydrogen) atoms. The summed E-state index contributed by atoms with van der Waals surface area (Å²) in [7, 11) is 0. The lowest BCUT2D eigenvalue weighted by atomic mass is 9.99. The van der Waals surface area contributed by atoms with Crippen molar-refractivity contribution >= 4 is 39.5 Å². The zero-order chi connectivity index (χ0) is 25.2. The van der Waals surface area contributed by atoms with E-state index in [1.54, 1.807) is 0 Å². The Hall–Kier alpha value is -3.29. The van der Waals surface area contributed by atoms with Crippen LogP contribution in [-0.2, 0) is 0 Å². The first-order chi connectivity index (χ1) is 17.4. The zero-order valence-electron chi connectivity index (χ0n) is 21.4. The van der Waals surface area contributed by atoms with Crippen molar-refractivity contribution in [1.29, 1.82) is 0 Å². The third-order valence-corrected chi connectivity index (χ3v) is 7.99. The lowest BCUT2D eigenvalue weighted by Crippen LogP contribution is -2.47. The summed E-state index contributed by atoms with van der Waals surface area (Å²) in [6, 6.07) is 19.0. The third kappa shape index (κ3) is 5.27. The number of carbonyl (C=O) groups excluding carboxylic acids is 1. The molecule has 0 radical (unpaired) electrons. The number of nitrogens with zero attached hydrogens (tertiary/aromatic N) is 4. The molecule has 5 rings (SSSR count). The van der Waals surface area contributed by atoms with E-state index in [-0.39, 0.29) is 5.91 Å². The van der Waals surface area contributed by atoms with Crippen LogP contribution in [0.4, 0.5) is 11.4 Å². The van der Waals surface area contributed by atoms with E-state index in [0.717, 1.165) is 60.3 Å². The zero-order valence-corrected chi connectivity index (χ0v) is 22.2. The predicted octanol–water partition coefficient (Wildman–Crippen LogP) is 5.79. The van der Waals surface area contributed by atoms with Crippen LogP contribution in [0.5, 0.6) is 0 Å². The van der Waals surface area contributed by atoms with Crippen LogP contribution in [0.2, 0.25) is 0 Å². The minimum Gasteiger partial charge on any atom is -0.368 e. The summed E-state index contributed by atoms with van der Waals surface area (Å²) in [5.41, 5.74) is 6.26. The number of thiazole rings is 1. The van der Waals surface area contributed by atoms with Crippen LogP contribution in [0.15, 0.2) is 54.6 Å². The maximum absolute atomic E-state index is 12.7. The van der Waals surface area contributed by atoms with Crippen LogP contribution >= 0.6 is 11.3 Å². The van der Waals surface area contributed by atoms with Crippen molar-refractivity contribution in [2.45, 2.75) is 33.6 Å². The fourth-order valence-corrected chi connectivity index (χ4v) is 5.85. The van der Waals surface area contributed by atoms with Crippen molar-refractivity contribution in [3.8, 4) is 0 Å². The normalized spacial score (nSPS) is 15.3. The molecule has 0 spiro atoms. The topological polar surface area (TPSA) is 61.4 Å². The molecule has 0 aliphatic carbocycles. The number of anilines is 2. The summed E-state index contributed by atoms with van der Waals surface area (Å²) in [4.78, 5) is 27.5. The first kappa shape index (κ1) is 24.4. The Morgan fingerprint density at radius 1 is 1.00 bits per heavy atom. The van der Waals surface area contributed by atoms with Crippen molar-refractivity contribution in [3.63, 3.8) is 0 Å². The van der Waals surface area contributed by atoms with Crippen LogP contribution in [-0.4, -0.2) is 53.5 Å². The van der Waals surface area contributed by atoms with E-state index < -0.39 is 0 Å². The van der Waals surface area contributed by atoms with E-state index in [1.807, 2.05) is 32.9 Å². The Kier molecular flexibility index (Phi) is 7.03. The summed E-state index contributed by atoms with van der Waals surface area (Å²) >= 11 is 1.44. The largest absolute Gasteiger partial charge is 0.368 e. The number of fused-ring (bicyclic) bond motifs is 1. The number of amides is 1. The first-order valence-electron chi connectivity index (χ1n) is 12.6. The molecule has 6 nitrogen and oxygen atoms in total. The number of aromatic nitrogens is 2. The highest BCUT2D eigenvalue weighted by atomic mass is 32.1. The van der Waals surface area contributed by atoms with Crippen molar-refractivity contribution in [3.05, 3.63) is 81.4 Å². The van der Waals surface area contributed by atoms with Gasteiger partial charge in [-0.05, 0) is 68.7 Å². The Bertz CT molecular complexity index is 1390. The molecule has 1 unspecified atom stereocenters. The Balaban J connectivity index is 1.20. The Morgan fingerprint density at radius 3 is 2.53 bits per heavy atom. The van der Waals surface area contributed by atoms with Gasteiger partial charge in [0.1, 0.15) is 4.88 Å². The number of carbonyl (C=O) groups is 1. The smallest absolute Gasteiger partial charge is 0.267 e. The van der Waals surface area contributed by atoms with E-state index in [1.165, 1.54) is 28.0 Å². The molecule has 7 heteroatoms. The van der Waals surface area contributed by atoms with Crippen molar-refractivity contribution in [1.82, 2.24) is 14.9 Å². The van der Waals surface area contributed by atoms with Gasteiger partial charge in [0, 0.05) is 55.2 Å². The second kappa shape index (κ2) is 10.4. The molecule has 1 N–H and O–H groups in total. The standard InChI is InChI=1S/C29H33N5OS/c1-19(23-7-5-8-24(17-23)32-29(35)28-21(3)31-22(4)36-28)18-33-13-15-34(16-14-33)27-10-6-9-26-25(27)12-11-20(2)30-26/h5-12,17,19H,13-16,18H2,1-4H3,(H,32,35). The first-order valence-corrected chi connectivity index (χ1v) is 13.4. The molecule has 3 heterocycles. The highest BCUT2D eigenvalue weighted by molar-refractivity contribution is 7.13. The summed E-state index contributed by atoms with van der Waals surface area (Å²) in [5.74, 6) is 0.281. The minimum atomic E-state index is -0.0854. The lowest BCUT2D eigenvalue weighted by Gasteiger charge is -2.37. The average molecular weight is 500 g/mol. The number of rotatable bonds is 6. The van der Waals surface area contributed by atoms with Crippen LogP contribution in [0, 0.1) is 20.8 Å². The fourth-order valence-electron chi connectivity index (χ4n) is 5.03. The van der Waals surface area contributed by atoms with E-state index >= 15 is 0 Å². The third-order valence-electron chi connectivity index (χ3n) is 6.92. The molecule has 4 aromatic rings. The molecule has 1 fully saturated rings. The maximum Gasteiger partial charge on any atom is 0.267 e. The molecule has 1 atom stereocenters. The van der Waals surface area contributed by atoms with Gasteiger partial charge >= 0.3 is 0 Å². The molecule has 2 aromatic heterocycles. The quantitative estimate of drug-likeness (QED) is 0.364. The number of piperazine rings is 1. The molecular formula is C29H33N5OS. The monoisotopic (exact) mass is 499 g/mol. The molecule has 1 saturated heterocycles. The highest BCUT2D eigenvalue weighted by Crippen LogP contribution is 2.28. The lowest BCUT2D eigenvalue weighted by molar-refractivity contribution is 0.103. The average Bonchev–Trinajstić information content (AvgIpc) is 3.22. The van der Waals surface area contributed by atoms with Crippen LogP contribution < -0.4 is 10.2 Å². The number of aryl methyl sites for hydroxylation is 3. The van der Waals surface area contributed by atoms with E-state index in [9.17, 15) is 4.79 Å². The number of hydrogen-bond acceptors (Lipinski definition) is 6. The van der Waals surface area contributed by atoms with Gasteiger partial charge in [-0.3, -0.25) is 14.7 Å². The SMILES string of the molecule is Cc1ccc2c(N3CCN(CC(C)c4cccc(NC(=O)c5sc(C)nc5C)c4)CC3)cccc2n1. The number of benzene rings is 2. The number of hydrogen-bond donors (Lipinski definition) is 1. The van der Waals surface area contributed by atoms with E-state index in [0.29, 0.717) is 10.8 Å². The molecule has 0 saturated carbocycles. The molecule has 186 valence electrons. The molecular weight excluding hydrogens is 466 g/mol. The molecule has 2 aromatic carbocycles. The molecule has 1 aliphatic rings. The molecule has 0 bridgehead atoms. The van der Waals surface area contributed by atoms with Gasteiger partial charge in [-0.1, -0.05) is 25.1 Å². The second-order valence-electron chi connectivity index (χ2n) is 9.71. The predicted molar refractivity (Wildman–Crippen MR) is 150 cm³/mol. The Morgan fingerprint density at radius 2 is 1.78 bits per heavy atom. The van der Waals surface area contributed by atoms with Crippen LogP contribution in [0.25, 0.3) is 10.9 Å². The van der Waals surface area contributed by atoms with Crippen molar-refractivity contribution in [2.24, 2.45) is 0 Å². The van der Waals surface area contributed by atoms with Gasteiger partial charge in [-0.2, -0.15) is 0 Å². The van der Waals surface area contributed by atoms with Gasteiger partial charge in [-0.15, -0.1) is 11.3 Å². The maximum atomic E-state index is 12.7. The van der Waals surface area contributed by atoms with Gasteiger partial charge in [0.05, 0.1) is 16.2 Å². The molecule has 1 amide bonds. The Labute approximate surface area is 217 Å². The fraction of sp³-hybridized carbons (Fsp3) is 0.345.